The van der Waals surface area contributed by atoms with Gasteiger partial charge in [0.25, 0.3) is 11.5 Å². The molecule has 1 atom stereocenters. The van der Waals surface area contributed by atoms with Crippen molar-refractivity contribution in [2.75, 3.05) is 13.2 Å². The van der Waals surface area contributed by atoms with E-state index in [1.165, 1.54) is 0 Å². The molecule has 29 heavy (non-hydrogen) atoms. The molecule has 4 rings (SSSR count). The van der Waals surface area contributed by atoms with Crippen LogP contribution in [0, 0.1) is 13.8 Å². The van der Waals surface area contributed by atoms with E-state index >= 15 is 0 Å². The summed E-state index contributed by atoms with van der Waals surface area (Å²) in [6.07, 6.45) is 1.96. The number of aryl methyl sites for hydroxylation is 2. The molecular formula is C24H26N2O3. The maximum atomic E-state index is 13.3. The molecular weight excluding hydrogens is 364 g/mol. The summed E-state index contributed by atoms with van der Waals surface area (Å²) >= 11 is 0. The summed E-state index contributed by atoms with van der Waals surface area (Å²) < 4.78 is 5.77. The zero-order valence-corrected chi connectivity index (χ0v) is 16.9. The Bertz CT molecular complexity index is 1100. The van der Waals surface area contributed by atoms with E-state index in [4.69, 9.17) is 4.74 Å². The average molecular weight is 390 g/mol. The molecule has 0 spiro atoms. The summed E-state index contributed by atoms with van der Waals surface area (Å²) in [5, 5.41) is 0.972. The summed E-state index contributed by atoms with van der Waals surface area (Å²) in [7, 11) is 0. The van der Waals surface area contributed by atoms with Gasteiger partial charge >= 0.3 is 0 Å². The summed E-state index contributed by atoms with van der Waals surface area (Å²) in [5.74, 6) is -0.0673. The van der Waals surface area contributed by atoms with Crippen LogP contribution in [0.1, 0.15) is 39.9 Å². The predicted molar refractivity (Wildman–Crippen MR) is 114 cm³/mol. The highest BCUT2D eigenvalue weighted by Gasteiger charge is 2.25. The minimum absolute atomic E-state index is 0.0183. The number of aromatic nitrogens is 1. The predicted octanol–water partition coefficient (Wildman–Crippen LogP) is 3.97. The molecule has 150 valence electrons. The van der Waals surface area contributed by atoms with Gasteiger partial charge in [0.2, 0.25) is 0 Å². The number of nitrogens with zero attached hydrogens (tertiary/aromatic N) is 1. The molecule has 0 saturated carbocycles. The first-order valence-corrected chi connectivity index (χ1v) is 10.1. The highest BCUT2D eigenvalue weighted by molar-refractivity contribution is 5.95. The first-order valence-electron chi connectivity index (χ1n) is 10.1. The van der Waals surface area contributed by atoms with Crippen LogP contribution in [-0.4, -0.2) is 35.0 Å². The second kappa shape index (κ2) is 8.21. The Morgan fingerprint density at radius 1 is 1.17 bits per heavy atom. The number of aromatic amines is 1. The van der Waals surface area contributed by atoms with Crippen LogP contribution in [0.25, 0.3) is 10.9 Å². The van der Waals surface area contributed by atoms with E-state index in [1.54, 1.807) is 4.90 Å². The van der Waals surface area contributed by atoms with Gasteiger partial charge in [-0.15, -0.1) is 0 Å². The fourth-order valence-corrected chi connectivity index (χ4v) is 3.93. The van der Waals surface area contributed by atoms with Gasteiger partial charge in [-0.3, -0.25) is 9.59 Å². The summed E-state index contributed by atoms with van der Waals surface area (Å²) in [4.78, 5) is 30.7. The van der Waals surface area contributed by atoms with E-state index in [9.17, 15) is 9.59 Å². The molecule has 1 aliphatic rings. The molecule has 2 heterocycles. The van der Waals surface area contributed by atoms with Crippen LogP contribution in [0.2, 0.25) is 0 Å². The van der Waals surface area contributed by atoms with Crippen LogP contribution in [0.4, 0.5) is 0 Å². The number of fused-ring (bicyclic) bond motifs is 1. The Morgan fingerprint density at radius 2 is 2.00 bits per heavy atom. The van der Waals surface area contributed by atoms with Gasteiger partial charge < -0.3 is 14.6 Å². The van der Waals surface area contributed by atoms with Crippen molar-refractivity contribution in [2.45, 2.75) is 39.3 Å². The van der Waals surface area contributed by atoms with Gasteiger partial charge in [0.1, 0.15) is 0 Å². The van der Waals surface area contributed by atoms with Crippen LogP contribution < -0.4 is 5.56 Å². The number of amides is 1. The van der Waals surface area contributed by atoms with Crippen LogP contribution >= 0.6 is 0 Å². The van der Waals surface area contributed by atoms with Gasteiger partial charge in [-0.1, -0.05) is 29.8 Å². The van der Waals surface area contributed by atoms with E-state index in [1.807, 2.05) is 62.4 Å². The summed E-state index contributed by atoms with van der Waals surface area (Å²) in [6.45, 7) is 5.43. The van der Waals surface area contributed by atoms with Crippen LogP contribution in [0.5, 0.6) is 0 Å². The maximum absolute atomic E-state index is 13.3. The van der Waals surface area contributed by atoms with E-state index in [-0.39, 0.29) is 24.1 Å². The quantitative estimate of drug-likeness (QED) is 0.717. The molecule has 1 saturated heterocycles. The topological polar surface area (TPSA) is 62.4 Å². The summed E-state index contributed by atoms with van der Waals surface area (Å²) in [6, 6.07) is 15.4. The Morgan fingerprint density at radius 3 is 2.76 bits per heavy atom. The lowest BCUT2D eigenvalue weighted by Gasteiger charge is -2.26. The molecule has 5 nitrogen and oxygen atoms in total. The number of H-pyrrole nitrogens is 1. The number of nitrogens with one attached hydrogen (secondary N) is 1. The molecule has 1 aliphatic heterocycles. The lowest BCUT2D eigenvalue weighted by atomic mass is 10.1. The van der Waals surface area contributed by atoms with Crippen molar-refractivity contribution in [1.29, 1.82) is 0 Å². The zero-order chi connectivity index (χ0) is 20.4. The van der Waals surface area contributed by atoms with Crippen LogP contribution in [0.3, 0.4) is 0 Å². The monoisotopic (exact) mass is 390 g/mol. The molecule has 0 bridgehead atoms. The standard InChI is InChI=1S/C24H26N2O3/c1-16-9-10-22-18(12-16)13-19(23(27)25-22)14-26(15-20-7-5-11-29-20)24(28)21-8-4-3-6-17(21)2/h3-4,6,8-10,12-13,20H,5,7,11,14-15H2,1-2H3,(H,25,27)/t20-/m0/s1. The normalized spacial score (nSPS) is 16.3. The number of hydrogen-bond acceptors (Lipinski definition) is 3. The molecule has 1 aromatic heterocycles. The first-order chi connectivity index (χ1) is 14.0. The molecule has 0 unspecified atom stereocenters. The number of rotatable bonds is 5. The maximum Gasteiger partial charge on any atom is 0.254 e. The number of carbonyl (C=O) groups excluding carboxylic acids is 1. The third-order valence-electron chi connectivity index (χ3n) is 5.55. The van der Waals surface area contributed by atoms with Crippen LogP contribution in [-0.2, 0) is 11.3 Å². The second-order valence-electron chi connectivity index (χ2n) is 7.85. The van der Waals surface area contributed by atoms with Crippen molar-refractivity contribution in [3.05, 3.63) is 81.1 Å². The molecule has 1 fully saturated rings. The Hall–Kier alpha value is -2.92. The largest absolute Gasteiger partial charge is 0.376 e. The highest BCUT2D eigenvalue weighted by atomic mass is 16.5. The first kappa shape index (κ1) is 19.4. The highest BCUT2D eigenvalue weighted by Crippen LogP contribution is 2.19. The van der Waals surface area contributed by atoms with Gasteiger partial charge in [-0.25, -0.2) is 0 Å². The summed E-state index contributed by atoms with van der Waals surface area (Å²) in [5.41, 5.74) is 3.96. The Kier molecular flexibility index (Phi) is 5.49. The SMILES string of the molecule is Cc1ccc2[nH]c(=O)c(CN(C[C@@H]3CCCO3)C(=O)c3ccccc3C)cc2c1. The van der Waals surface area contributed by atoms with Crippen LogP contribution in [0.15, 0.2) is 53.3 Å². The van der Waals surface area contributed by atoms with Crippen molar-refractivity contribution in [1.82, 2.24) is 9.88 Å². The van der Waals surface area contributed by atoms with Crippen molar-refractivity contribution >= 4 is 16.8 Å². The van der Waals surface area contributed by atoms with E-state index in [0.29, 0.717) is 17.7 Å². The smallest absolute Gasteiger partial charge is 0.254 e. The third-order valence-corrected chi connectivity index (χ3v) is 5.55. The zero-order valence-electron chi connectivity index (χ0n) is 16.9. The number of pyridine rings is 1. The molecule has 0 aliphatic carbocycles. The third kappa shape index (κ3) is 4.25. The van der Waals surface area contributed by atoms with Crippen molar-refractivity contribution in [3.63, 3.8) is 0 Å². The fourth-order valence-electron chi connectivity index (χ4n) is 3.93. The molecule has 1 N–H and O–H groups in total. The van der Waals surface area contributed by atoms with Crippen molar-refractivity contribution in [2.24, 2.45) is 0 Å². The van der Waals surface area contributed by atoms with Gasteiger partial charge in [0, 0.05) is 29.8 Å². The molecule has 2 aromatic carbocycles. The molecule has 3 aromatic rings. The molecule has 0 radical (unpaired) electrons. The van der Waals surface area contributed by atoms with Gasteiger partial charge in [-0.05, 0) is 61.9 Å². The number of carbonyl (C=O) groups is 1. The van der Waals surface area contributed by atoms with Crippen molar-refractivity contribution < 1.29 is 9.53 Å². The Labute approximate surface area is 170 Å². The fraction of sp³-hybridized carbons (Fsp3) is 0.333. The van der Waals surface area contributed by atoms with E-state index in [0.717, 1.165) is 41.5 Å². The molecule has 5 heteroatoms. The second-order valence-corrected chi connectivity index (χ2v) is 7.85. The minimum Gasteiger partial charge on any atom is -0.376 e. The van der Waals surface area contributed by atoms with Crippen molar-refractivity contribution in [3.8, 4) is 0 Å². The number of hydrogen-bond donors (Lipinski definition) is 1. The van der Waals surface area contributed by atoms with E-state index in [2.05, 4.69) is 4.98 Å². The number of benzene rings is 2. The average Bonchev–Trinajstić information content (AvgIpc) is 3.21. The minimum atomic E-state index is -0.156. The van der Waals surface area contributed by atoms with Gasteiger partial charge in [-0.2, -0.15) is 0 Å². The lowest BCUT2D eigenvalue weighted by Crippen LogP contribution is -2.38. The van der Waals surface area contributed by atoms with Gasteiger partial charge in [0.05, 0.1) is 12.6 Å². The van der Waals surface area contributed by atoms with E-state index < -0.39 is 0 Å². The molecule has 1 amide bonds. The number of ether oxygens (including phenoxy) is 1. The Balaban J connectivity index is 1.68. The van der Waals surface area contributed by atoms with Gasteiger partial charge in [0.15, 0.2) is 0 Å². The lowest BCUT2D eigenvalue weighted by molar-refractivity contribution is 0.0506.